The van der Waals surface area contributed by atoms with Crippen LogP contribution in [-0.4, -0.2) is 22.7 Å². The summed E-state index contributed by atoms with van der Waals surface area (Å²) >= 11 is 3.33. The van der Waals surface area contributed by atoms with Crippen molar-refractivity contribution in [3.05, 3.63) is 22.9 Å². The molecule has 4 heteroatoms. The highest BCUT2D eigenvalue weighted by Crippen LogP contribution is 2.13. The molecular formula is C10H15BrN2O. The van der Waals surface area contributed by atoms with Crippen molar-refractivity contribution in [2.75, 3.05) is 11.9 Å². The van der Waals surface area contributed by atoms with Crippen molar-refractivity contribution >= 4 is 21.6 Å². The second-order valence-electron chi connectivity index (χ2n) is 3.22. The van der Waals surface area contributed by atoms with Gasteiger partial charge in [0, 0.05) is 17.2 Å². The Labute approximate surface area is 92.7 Å². The third kappa shape index (κ3) is 4.07. The summed E-state index contributed by atoms with van der Waals surface area (Å²) in [5.74, 6) is 0. The summed E-state index contributed by atoms with van der Waals surface area (Å²) in [7, 11) is 0. The predicted molar refractivity (Wildman–Crippen MR) is 61.3 cm³/mol. The Balaban J connectivity index is 2.37. The molecule has 78 valence electrons. The van der Waals surface area contributed by atoms with Crippen LogP contribution in [0.25, 0.3) is 0 Å². The summed E-state index contributed by atoms with van der Waals surface area (Å²) in [5.41, 5.74) is 0.925. The first-order chi connectivity index (χ1) is 6.72. The third-order valence-corrected chi connectivity index (χ3v) is 2.30. The van der Waals surface area contributed by atoms with Crippen LogP contribution in [0.15, 0.2) is 22.9 Å². The van der Waals surface area contributed by atoms with E-state index in [4.69, 9.17) is 0 Å². The van der Waals surface area contributed by atoms with Crippen LogP contribution in [0.3, 0.4) is 0 Å². The summed E-state index contributed by atoms with van der Waals surface area (Å²) in [6.45, 7) is 2.63. The lowest BCUT2D eigenvalue weighted by Gasteiger charge is -2.11. The molecule has 0 saturated heterocycles. The van der Waals surface area contributed by atoms with Crippen molar-refractivity contribution in [3.8, 4) is 0 Å². The van der Waals surface area contributed by atoms with Gasteiger partial charge in [-0.05, 0) is 28.4 Å². The molecule has 1 rings (SSSR count). The van der Waals surface area contributed by atoms with Gasteiger partial charge in [0.15, 0.2) is 0 Å². The summed E-state index contributed by atoms with van der Waals surface area (Å²) < 4.78 is 0.937. The minimum absolute atomic E-state index is 0.279. The minimum atomic E-state index is -0.279. The van der Waals surface area contributed by atoms with Gasteiger partial charge in [0.1, 0.15) is 0 Å². The maximum Gasteiger partial charge on any atom is 0.0712 e. The Hall–Kier alpha value is -0.610. The van der Waals surface area contributed by atoms with Gasteiger partial charge in [-0.15, -0.1) is 0 Å². The molecule has 2 N–H and O–H groups in total. The van der Waals surface area contributed by atoms with E-state index in [0.717, 1.165) is 23.0 Å². The first-order valence-electron chi connectivity index (χ1n) is 4.75. The SMILES string of the molecule is CCC[C@H](O)CNc1cncc(Br)c1. The highest BCUT2D eigenvalue weighted by Gasteiger charge is 2.02. The molecule has 0 unspecified atom stereocenters. The zero-order valence-corrected chi connectivity index (χ0v) is 9.79. The summed E-state index contributed by atoms with van der Waals surface area (Å²) in [5, 5.41) is 12.6. The van der Waals surface area contributed by atoms with Crippen LogP contribution >= 0.6 is 15.9 Å². The number of rotatable bonds is 5. The van der Waals surface area contributed by atoms with E-state index in [0.29, 0.717) is 6.54 Å². The van der Waals surface area contributed by atoms with E-state index in [9.17, 15) is 5.11 Å². The lowest BCUT2D eigenvalue weighted by molar-refractivity contribution is 0.176. The first kappa shape index (κ1) is 11.5. The number of hydrogen-bond acceptors (Lipinski definition) is 3. The molecule has 1 atom stereocenters. The molecule has 0 aliphatic rings. The van der Waals surface area contributed by atoms with Gasteiger partial charge in [-0.2, -0.15) is 0 Å². The Morgan fingerprint density at radius 1 is 1.57 bits per heavy atom. The standard InChI is InChI=1S/C10H15BrN2O/c1-2-3-10(14)7-13-9-4-8(11)5-12-6-9/h4-6,10,13-14H,2-3,7H2,1H3/t10-/m0/s1. The zero-order chi connectivity index (χ0) is 10.4. The highest BCUT2D eigenvalue weighted by atomic mass is 79.9. The fourth-order valence-corrected chi connectivity index (χ4v) is 1.54. The van der Waals surface area contributed by atoms with E-state index >= 15 is 0 Å². The van der Waals surface area contributed by atoms with Gasteiger partial charge in [-0.3, -0.25) is 4.98 Å². The first-order valence-corrected chi connectivity index (χ1v) is 5.54. The largest absolute Gasteiger partial charge is 0.391 e. The van der Waals surface area contributed by atoms with Crippen LogP contribution in [0.4, 0.5) is 5.69 Å². The second kappa shape index (κ2) is 5.98. The normalized spacial score (nSPS) is 12.5. The molecule has 0 saturated carbocycles. The van der Waals surface area contributed by atoms with Crippen molar-refractivity contribution < 1.29 is 5.11 Å². The van der Waals surface area contributed by atoms with Crippen molar-refractivity contribution in [2.45, 2.75) is 25.9 Å². The third-order valence-electron chi connectivity index (χ3n) is 1.87. The monoisotopic (exact) mass is 258 g/mol. The molecule has 14 heavy (non-hydrogen) atoms. The van der Waals surface area contributed by atoms with Gasteiger partial charge >= 0.3 is 0 Å². The number of anilines is 1. The molecule has 3 nitrogen and oxygen atoms in total. The van der Waals surface area contributed by atoms with E-state index < -0.39 is 0 Å². The molecule has 1 aromatic heterocycles. The van der Waals surface area contributed by atoms with Crippen molar-refractivity contribution in [2.24, 2.45) is 0 Å². The predicted octanol–water partition coefficient (Wildman–Crippen LogP) is 2.42. The minimum Gasteiger partial charge on any atom is -0.391 e. The van der Waals surface area contributed by atoms with E-state index in [1.165, 1.54) is 0 Å². The number of aromatic nitrogens is 1. The highest BCUT2D eigenvalue weighted by molar-refractivity contribution is 9.10. The molecule has 1 aromatic rings. The molecule has 0 aromatic carbocycles. The quantitative estimate of drug-likeness (QED) is 0.853. The lowest BCUT2D eigenvalue weighted by Crippen LogP contribution is -2.18. The number of halogens is 1. The van der Waals surface area contributed by atoms with E-state index in [2.05, 4.69) is 33.2 Å². The summed E-state index contributed by atoms with van der Waals surface area (Å²) in [6, 6.07) is 1.94. The Morgan fingerprint density at radius 2 is 2.36 bits per heavy atom. The smallest absolute Gasteiger partial charge is 0.0712 e. The number of nitrogens with zero attached hydrogens (tertiary/aromatic N) is 1. The number of hydrogen-bond donors (Lipinski definition) is 2. The topological polar surface area (TPSA) is 45.1 Å². The summed E-state index contributed by atoms with van der Waals surface area (Å²) in [6.07, 6.45) is 5.02. The van der Waals surface area contributed by atoms with Crippen LogP contribution < -0.4 is 5.32 Å². The maximum atomic E-state index is 9.49. The zero-order valence-electron chi connectivity index (χ0n) is 8.20. The van der Waals surface area contributed by atoms with Crippen molar-refractivity contribution in [1.82, 2.24) is 4.98 Å². The Bertz CT molecular complexity index is 281. The van der Waals surface area contributed by atoms with Gasteiger partial charge in [0.25, 0.3) is 0 Å². The van der Waals surface area contributed by atoms with Gasteiger partial charge < -0.3 is 10.4 Å². The van der Waals surface area contributed by atoms with Gasteiger partial charge in [-0.25, -0.2) is 0 Å². The average molecular weight is 259 g/mol. The van der Waals surface area contributed by atoms with Crippen LogP contribution in [-0.2, 0) is 0 Å². The van der Waals surface area contributed by atoms with Crippen LogP contribution in [0.2, 0.25) is 0 Å². The lowest BCUT2D eigenvalue weighted by atomic mass is 10.2. The van der Waals surface area contributed by atoms with E-state index in [1.54, 1.807) is 12.4 Å². The van der Waals surface area contributed by atoms with Crippen LogP contribution in [0, 0.1) is 0 Å². The van der Waals surface area contributed by atoms with Crippen molar-refractivity contribution in [3.63, 3.8) is 0 Å². The molecule has 0 aliphatic carbocycles. The Morgan fingerprint density at radius 3 is 3.00 bits per heavy atom. The Kier molecular flexibility index (Phi) is 4.90. The fraction of sp³-hybridized carbons (Fsp3) is 0.500. The number of nitrogens with one attached hydrogen (secondary N) is 1. The van der Waals surface area contributed by atoms with Gasteiger partial charge in [0.2, 0.25) is 0 Å². The molecule has 0 spiro atoms. The number of pyridine rings is 1. The van der Waals surface area contributed by atoms with Crippen LogP contribution in [0.5, 0.6) is 0 Å². The summed E-state index contributed by atoms with van der Waals surface area (Å²) in [4.78, 5) is 4.02. The number of aliphatic hydroxyl groups excluding tert-OH is 1. The molecule has 0 radical (unpaired) electrons. The van der Waals surface area contributed by atoms with E-state index in [-0.39, 0.29) is 6.10 Å². The average Bonchev–Trinajstić information content (AvgIpc) is 2.15. The molecule has 0 aliphatic heterocycles. The molecule has 0 bridgehead atoms. The number of aliphatic hydroxyl groups is 1. The van der Waals surface area contributed by atoms with Crippen LogP contribution in [0.1, 0.15) is 19.8 Å². The molecule has 0 amide bonds. The fourth-order valence-electron chi connectivity index (χ4n) is 1.18. The maximum absolute atomic E-state index is 9.49. The van der Waals surface area contributed by atoms with E-state index in [1.807, 2.05) is 6.07 Å². The van der Waals surface area contributed by atoms with Gasteiger partial charge in [-0.1, -0.05) is 13.3 Å². The second-order valence-corrected chi connectivity index (χ2v) is 4.13. The van der Waals surface area contributed by atoms with Crippen molar-refractivity contribution in [1.29, 1.82) is 0 Å². The molecular weight excluding hydrogens is 244 g/mol. The van der Waals surface area contributed by atoms with Gasteiger partial charge in [0.05, 0.1) is 18.0 Å². The molecule has 0 fully saturated rings. The molecule has 1 heterocycles.